The van der Waals surface area contributed by atoms with Gasteiger partial charge in [0.2, 0.25) is 0 Å². The fourth-order valence-corrected chi connectivity index (χ4v) is 1.44. The third-order valence-corrected chi connectivity index (χ3v) is 2.40. The first-order valence-corrected chi connectivity index (χ1v) is 5.21. The van der Waals surface area contributed by atoms with Crippen LogP contribution in [0.3, 0.4) is 0 Å². The normalized spacial score (nSPS) is 17.9. The molecule has 1 unspecified atom stereocenters. The van der Waals surface area contributed by atoms with Crippen LogP contribution in [0, 0.1) is 0 Å². The number of nitrogens with zero attached hydrogens (tertiary/aromatic N) is 1. The minimum Gasteiger partial charge on any atom is -0.383 e. The fraction of sp³-hybridized carbons (Fsp3) is 0.545. The number of hydrogen-bond acceptors (Lipinski definition) is 3. The van der Waals surface area contributed by atoms with E-state index in [1.807, 2.05) is 19.2 Å². The van der Waals surface area contributed by atoms with Crippen molar-refractivity contribution in [2.45, 2.75) is 31.7 Å². The Balaban J connectivity index is 1.99. The summed E-state index contributed by atoms with van der Waals surface area (Å²) in [5.41, 5.74) is 8.03. The molecule has 0 aliphatic heterocycles. The van der Waals surface area contributed by atoms with Crippen molar-refractivity contribution in [1.29, 1.82) is 0 Å². The molecule has 3 heteroatoms. The average Bonchev–Trinajstić information content (AvgIpc) is 2.98. The molecule has 2 rings (SSSR count). The van der Waals surface area contributed by atoms with Crippen molar-refractivity contribution in [3.8, 4) is 0 Å². The van der Waals surface area contributed by atoms with Gasteiger partial charge in [0, 0.05) is 36.1 Å². The Morgan fingerprint density at radius 3 is 3.07 bits per heavy atom. The molecule has 1 aliphatic carbocycles. The topological polar surface area (TPSA) is 50.9 Å². The van der Waals surface area contributed by atoms with Gasteiger partial charge in [-0.3, -0.25) is 4.98 Å². The predicted molar refractivity (Wildman–Crippen MR) is 58.4 cm³/mol. The summed E-state index contributed by atoms with van der Waals surface area (Å²) in [5, 5.41) is 3.30. The maximum Gasteiger partial charge on any atom is 0.0455 e. The maximum atomic E-state index is 5.67. The predicted octanol–water partition coefficient (Wildman–Crippen LogP) is 1.72. The molecule has 14 heavy (non-hydrogen) atoms. The van der Waals surface area contributed by atoms with Gasteiger partial charge in [0.15, 0.2) is 0 Å². The van der Waals surface area contributed by atoms with E-state index in [9.17, 15) is 0 Å². The number of aromatic nitrogens is 1. The molecular weight excluding hydrogens is 174 g/mol. The Morgan fingerprint density at radius 1 is 1.64 bits per heavy atom. The van der Waals surface area contributed by atoms with E-state index in [1.54, 1.807) is 0 Å². The van der Waals surface area contributed by atoms with Crippen molar-refractivity contribution in [3.63, 3.8) is 0 Å². The third kappa shape index (κ3) is 2.45. The van der Waals surface area contributed by atoms with E-state index in [0.29, 0.717) is 5.92 Å². The summed E-state index contributed by atoms with van der Waals surface area (Å²) < 4.78 is 0. The van der Waals surface area contributed by atoms with Crippen LogP contribution in [0.1, 0.15) is 31.4 Å². The van der Waals surface area contributed by atoms with Gasteiger partial charge in [-0.15, -0.1) is 0 Å². The van der Waals surface area contributed by atoms with E-state index < -0.39 is 0 Å². The van der Waals surface area contributed by atoms with Gasteiger partial charge in [-0.05, 0) is 31.9 Å². The van der Waals surface area contributed by atoms with Crippen LogP contribution in [0.5, 0.6) is 0 Å². The molecule has 1 aromatic heterocycles. The Hall–Kier alpha value is -1.09. The number of pyridine rings is 1. The average molecular weight is 191 g/mol. The highest BCUT2D eigenvalue weighted by atomic mass is 14.9. The van der Waals surface area contributed by atoms with Crippen LogP contribution in [0.25, 0.3) is 0 Å². The van der Waals surface area contributed by atoms with Crippen molar-refractivity contribution in [2.75, 3.05) is 11.9 Å². The molecule has 3 nitrogen and oxygen atoms in total. The molecule has 3 N–H and O–H groups in total. The summed E-state index contributed by atoms with van der Waals surface area (Å²) >= 11 is 0. The van der Waals surface area contributed by atoms with Crippen molar-refractivity contribution in [3.05, 3.63) is 24.0 Å². The number of hydrogen-bond donors (Lipinski definition) is 2. The van der Waals surface area contributed by atoms with Crippen LogP contribution < -0.4 is 11.1 Å². The summed E-state index contributed by atoms with van der Waals surface area (Å²) in [6, 6.07) is 4.32. The first kappa shape index (κ1) is 9.46. The lowest BCUT2D eigenvalue weighted by Crippen LogP contribution is -2.25. The van der Waals surface area contributed by atoms with E-state index in [1.165, 1.54) is 18.5 Å². The lowest BCUT2D eigenvalue weighted by molar-refractivity contribution is 0.779. The first-order valence-electron chi connectivity index (χ1n) is 5.21. The van der Waals surface area contributed by atoms with Crippen LogP contribution in [-0.4, -0.2) is 17.6 Å². The molecule has 0 spiro atoms. The summed E-state index contributed by atoms with van der Waals surface area (Å²) in [7, 11) is 0. The second kappa shape index (κ2) is 3.96. The van der Waals surface area contributed by atoms with Crippen LogP contribution in [0.4, 0.5) is 5.69 Å². The van der Waals surface area contributed by atoms with Crippen LogP contribution in [0.15, 0.2) is 18.3 Å². The second-order valence-electron chi connectivity index (χ2n) is 4.10. The molecule has 0 radical (unpaired) electrons. The summed E-state index contributed by atoms with van der Waals surface area (Å²) in [6.07, 6.45) is 4.46. The number of anilines is 1. The highest BCUT2D eigenvalue weighted by Gasteiger charge is 2.24. The van der Waals surface area contributed by atoms with Crippen LogP contribution in [-0.2, 0) is 0 Å². The largest absolute Gasteiger partial charge is 0.383 e. The van der Waals surface area contributed by atoms with Crippen molar-refractivity contribution >= 4 is 5.69 Å². The Kier molecular flexibility index (Phi) is 2.68. The lowest BCUT2D eigenvalue weighted by atomic mass is 10.2. The van der Waals surface area contributed by atoms with Crippen molar-refractivity contribution < 1.29 is 0 Å². The molecule has 1 fully saturated rings. The van der Waals surface area contributed by atoms with Gasteiger partial charge in [-0.1, -0.05) is 0 Å². The molecule has 0 saturated heterocycles. The van der Waals surface area contributed by atoms with Gasteiger partial charge < -0.3 is 11.1 Å². The Bertz CT molecular complexity index is 305. The Labute approximate surface area is 84.7 Å². The van der Waals surface area contributed by atoms with E-state index in [-0.39, 0.29) is 6.04 Å². The molecule has 1 aromatic rings. The van der Waals surface area contributed by atoms with E-state index in [4.69, 9.17) is 5.73 Å². The van der Waals surface area contributed by atoms with Crippen molar-refractivity contribution in [2.24, 2.45) is 5.73 Å². The number of rotatable bonds is 4. The summed E-state index contributed by atoms with van der Waals surface area (Å²) in [6.45, 7) is 2.81. The molecule has 0 bridgehead atoms. The number of nitrogens with one attached hydrogen (secondary N) is 1. The molecule has 1 saturated carbocycles. The minimum atomic E-state index is 0.188. The Morgan fingerprint density at radius 2 is 2.43 bits per heavy atom. The summed E-state index contributed by atoms with van der Waals surface area (Å²) in [4.78, 5) is 4.36. The smallest absolute Gasteiger partial charge is 0.0455 e. The minimum absolute atomic E-state index is 0.188. The van der Waals surface area contributed by atoms with Gasteiger partial charge >= 0.3 is 0 Å². The zero-order chi connectivity index (χ0) is 9.97. The highest BCUT2D eigenvalue weighted by Crippen LogP contribution is 2.39. The van der Waals surface area contributed by atoms with E-state index in [0.717, 1.165) is 12.2 Å². The monoisotopic (exact) mass is 191 g/mol. The molecule has 1 aliphatic rings. The quantitative estimate of drug-likeness (QED) is 0.762. The summed E-state index contributed by atoms with van der Waals surface area (Å²) in [5.74, 6) is 0.715. The van der Waals surface area contributed by atoms with Gasteiger partial charge in [0.25, 0.3) is 0 Å². The van der Waals surface area contributed by atoms with Gasteiger partial charge in [-0.2, -0.15) is 0 Å². The van der Waals surface area contributed by atoms with Crippen LogP contribution >= 0.6 is 0 Å². The molecule has 1 heterocycles. The SMILES string of the molecule is CC(N)CNc1ccnc(C2CC2)c1. The maximum absolute atomic E-state index is 5.67. The molecule has 1 atom stereocenters. The van der Waals surface area contributed by atoms with E-state index in [2.05, 4.69) is 16.4 Å². The molecule has 0 aromatic carbocycles. The number of nitrogens with two attached hydrogens (primary N) is 1. The zero-order valence-electron chi connectivity index (χ0n) is 8.53. The third-order valence-electron chi connectivity index (χ3n) is 2.40. The van der Waals surface area contributed by atoms with Gasteiger partial charge in [-0.25, -0.2) is 0 Å². The van der Waals surface area contributed by atoms with Gasteiger partial charge in [0.1, 0.15) is 0 Å². The molecule has 76 valence electrons. The highest BCUT2D eigenvalue weighted by molar-refractivity contribution is 5.44. The zero-order valence-corrected chi connectivity index (χ0v) is 8.53. The van der Waals surface area contributed by atoms with Crippen molar-refractivity contribution in [1.82, 2.24) is 4.98 Å². The molecule has 0 amide bonds. The second-order valence-corrected chi connectivity index (χ2v) is 4.10. The first-order chi connectivity index (χ1) is 6.75. The molecular formula is C11H17N3. The van der Waals surface area contributed by atoms with E-state index >= 15 is 0 Å². The standard InChI is InChI=1S/C11H17N3/c1-8(12)7-14-10-4-5-13-11(6-10)9-2-3-9/h4-6,8-9H,2-3,7,12H2,1H3,(H,13,14). The van der Waals surface area contributed by atoms with Crippen LogP contribution in [0.2, 0.25) is 0 Å². The van der Waals surface area contributed by atoms with Gasteiger partial charge in [0.05, 0.1) is 0 Å². The lowest BCUT2D eigenvalue weighted by Gasteiger charge is -2.09. The fourth-order valence-electron chi connectivity index (χ4n) is 1.44.